The Kier molecular flexibility index (Phi) is 14.2. The second-order valence-corrected chi connectivity index (χ2v) is 5.35. The number of hydrogen-bond acceptors (Lipinski definition) is 6. The third-order valence-electron chi connectivity index (χ3n) is 3.61. The summed E-state index contributed by atoms with van der Waals surface area (Å²) >= 11 is 0. The molecule has 1 unspecified atom stereocenters. The van der Waals surface area contributed by atoms with E-state index in [0.717, 1.165) is 12.8 Å². The molecule has 1 amide bonds. The molecule has 0 spiro atoms. The number of methoxy groups -OCH3 is 1. The second-order valence-electron chi connectivity index (χ2n) is 5.35. The zero-order valence-corrected chi connectivity index (χ0v) is 17.7. The minimum atomic E-state index is -0.441. The van der Waals surface area contributed by atoms with Crippen molar-refractivity contribution in [1.82, 2.24) is 4.90 Å². The van der Waals surface area contributed by atoms with E-state index in [1.54, 1.807) is 4.90 Å². The number of piperidine rings is 1. The van der Waals surface area contributed by atoms with Gasteiger partial charge in [-0.2, -0.15) is 0 Å². The first-order chi connectivity index (χ1) is 11.6. The number of carbonyl (C=O) groups excluding carboxylic acids is 2. The van der Waals surface area contributed by atoms with Crippen LogP contribution in [0.15, 0.2) is 0 Å². The third kappa shape index (κ3) is 10.2. The van der Waals surface area contributed by atoms with Crippen LogP contribution in [0.25, 0.3) is 0 Å². The summed E-state index contributed by atoms with van der Waals surface area (Å²) in [6.07, 6.45) is 2.01. The van der Waals surface area contributed by atoms with Gasteiger partial charge in [0.1, 0.15) is 13.2 Å². The van der Waals surface area contributed by atoms with Crippen LogP contribution >= 0.6 is 0 Å². The van der Waals surface area contributed by atoms with Crippen molar-refractivity contribution in [2.24, 2.45) is 0 Å². The summed E-state index contributed by atoms with van der Waals surface area (Å²) < 4.78 is 20.5. The van der Waals surface area contributed by atoms with Gasteiger partial charge in [0, 0.05) is 13.0 Å². The van der Waals surface area contributed by atoms with Gasteiger partial charge in [-0.25, -0.2) is 4.79 Å². The van der Waals surface area contributed by atoms with Gasteiger partial charge in [-0.15, -0.1) is 0 Å². The van der Waals surface area contributed by atoms with Crippen molar-refractivity contribution in [3.63, 3.8) is 0 Å². The molecule has 1 aliphatic heterocycles. The van der Waals surface area contributed by atoms with E-state index in [-0.39, 0.29) is 62.4 Å². The number of ether oxygens (including phenoxy) is 4. The maximum absolute atomic E-state index is 12.1. The fraction of sp³-hybridized carbons (Fsp3) is 0.765. The van der Waals surface area contributed by atoms with Crippen LogP contribution in [0, 0.1) is 11.8 Å². The smallest absolute Gasteiger partial charge is 1.00 e. The minimum Gasteiger partial charge on any atom is -1.00 e. The molecule has 0 saturated carbocycles. The number of rotatable bonds is 9. The molecular weight excluding hydrogens is 337 g/mol. The van der Waals surface area contributed by atoms with Crippen LogP contribution in [0.3, 0.4) is 0 Å². The number of hydrogen-bond donors (Lipinski definition) is 0. The Morgan fingerprint density at radius 1 is 1.40 bits per heavy atom. The Hall–Kier alpha value is -0.620. The van der Waals surface area contributed by atoms with Gasteiger partial charge in [-0.1, -0.05) is 11.8 Å². The van der Waals surface area contributed by atoms with Crippen molar-refractivity contribution in [2.75, 3.05) is 40.1 Å². The van der Waals surface area contributed by atoms with Crippen LogP contribution in [0.2, 0.25) is 0 Å². The van der Waals surface area contributed by atoms with Gasteiger partial charge < -0.3 is 25.3 Å². The topological polar surface area (TPSA) is 74.3 Å². The minimum absolute atomic E-state index is 0. The van der Waals surface area contributed by atoms with Crippen molar-refractivity contribution in [2.45, 2.75) is 45.4 Å². The van der Waals surface area contributed by atoms with Gasteiger partial charge in [0.25, 0.3) is 0 Å². The molecule has 0 N–H and O–H groups in total. The molecule has 0 aromatic rings. The molecule has 0 radical (unpaired) electrons. The molecule has 0 aromatic heterocycles. The van der Waals surface area contributed by atoms with E-state index in [9.17, 15) is 9.59 Å². The molecule has 2 atom stereocenters. The van der Waals surface area contributed by atoms with Crippen molar-refractivity contribution in [3.05, 3.63) is 0 Å². The zero-order valence-electron chi connectivity index (χ0n) is 16.7. The number of carbonyl (C=O) groups is 2. The summed E-state index contributed by atoms with van der Waals surface area (Å²) in [6, 6.07) is 0.0134. The Labute approximate surface area is 173 Å². The maximum atomic E-state index is 12.1. The van der Waals surface area contributed by atoms with E-state index in [4.69, 9.17) is 14.2 Å². The van der Waals surface area contributed by atoms with Gasteiger partial charge in [0.05, 0.1) is 26.3 Å². The van der Waals surface area contributed by atoms with Gasteiger partial charge in [-0.05, 0) is 26.7 Å². The fourth-order valence-corrected chi connectivity index (χ4v) is 2.35. The molecular formula is C17H28NNaO6. The van der Waals surface area contributed by atoms with E-state index >= 15 is 0 Å². The first kappa shape index (κ1) is 24.4. The molecule has 1 heterocycles. The number of esters is 1. The largest absolute Gasteiger partial charge is 1.00 e. The molecule has 138 valence electrons. The Bertz CT molecular complexity index is 468. The molecule has 0 aliphatic carbocycles. The Morgan fingerprint density at radius 2 is 2.16 bits per heavy atom. The summed E-state index contributed by atoms with van der Waals surface area (Å²) in [4.78, 5) is 24.7. The van der Waals surface area contributed by atoms with Gasteiger partial charge in [-0.3, -0.25) is 4.79 Å². The van der Waals surface area contributed by atoms with E-state index in [2.05, 4.69) is 16.6 Å². The van der Waals surface area contributed by atoms with E-state index < -0.39 is 5.97 Å². The Morgan fingerprint density at radius 3 is 2.84 bits per heavy atom. The first-order valence-electron chi connectivity index (χ1n) is 8.21. The van der Waals surface area contributed by atoms with E-state index in [0.29, 0.717) is 26.2 Å². The molecule has 1 saturated heterocycles. The monoisotopic (exact) mass is 365 g/mol. The standard InChI is InChI=1S/C17H27NO6.Na.H/c1-4-23-14(2)24-12-15-8-7-9-16(19)18(15)10-5-6-11-22-13-17(20)21-3;;/h14-15H,4,7-13H2,1-3H3;;/q;+1;-1/t14?,15-;;/m1../s1. The molecule has 8 heteroatoms. The molecule has 0 bridgehead atoms. The SMILES string of the molecule is CCOC(C)OC[C@H]1CCCC(=O)N1CC#CCOCC(=O)OC.[H-].[Na+]. The van der Waals surface area contributed by atoms with Crippen LogP contribution in [0.5, 0.6) is 0 Å². The number of amides is 1. The average Bonchev–Trinajstić information content (AvgIpc) is 2.57. The average molecular weight is 365 g/mol. The van der Waals surface area contributed by atoms with Gasteiger partial charge >= 0.3 is 35.5 Å². The number of likely N-dealkylation sites (tertiary alicyclic amines) is 1. The van der Waals surface area contributed by atoms with Crippen molar-refractivity contribution < 1.29 is 59.5 Å². The third-order valence-corrected chi connectivity index (χ3v) is 3.61. The quantitative estimate of drug-likeness (QED) is 0.156. The van der Waals surface area contributed by atoms with Crippen LogP contribution in [0.1, 0.15) is 34.5 Å². The molecule has 1 aliphatic rings. The molecule has 7 nitrogen and oxygen atoms in total. The normalized spacial score (nSPS) is 18.0. The zero-order chi connectivity index (χ0) is 17.8. The Balaban J connectivity index is 0. The summed E-state index contributed by atoms with van der Waals surface area (Å²) in [5, 5.41) is 0. The van der Waals surface area contributed by atoms with Crippen molar-refractivity contribution in [3.8, 4) is 11.8 Å². The molecule has 1 rings (SSSR count). The first-order valence-corrected chi connectivity index (χ1v) is 8.21. The van der Waals surface area contributed by atoms with Gasteiger partial charge in [0.15, 0.2) is 6.29 Å². The van der Waals surface area contributed by atoms with Crippen LogP contribution in [0.4, 0.5) is 0 Å². The summed E-state index contributed by atoms with van der Waals surface area (Å²) in [7, 11) is 1.30. The van der Waals surface area contributed by atoms with E-state index in [1.807, 2.05) is 13.8 Å². The molecule has 0 aromatic carbocycles. The number of nitrogens with zero attached hydrogens (tertiary/aromatic N) is 1. The van der Waals surface area contributed by atoms with Crippen LogP contribution < -0.4 is 29.6 Å². The van der Waals surface area contributed by atoms with Crippen molar-refractivity contribution in [1.29, 1.82) is 0 Å². The predicted molar refractivity (Wildman–Crippen MR) is 88.1 cm³/mol. The predicted octanol–water partition coefficient (Wildman–Crippen LogP) is -1.92. The van der Waals surface area contributed by atoms with Crippen LogP contribution in [-0.4, -0.2) is 69.2 Å². The second kappa shape index (κ2) is 14.5. The molecule has 25 heavy (non-hydrogen) atoms. The summed E-state index contributed by atoms with van der Waals surface area (Å²) in [5.74, 6) is 5.36. The summed E-state index contributed by atoms with van der Waals surface area (Å²) in [6.45, 7) is 5.11. The molecule has 1 fully saturated rings. The fourth-order valence-electron chi connectivity index (χ4n) is 2.35. The van der Waals surface area contributed by atoms with Gasteiger partial charge in [0.2, 0.25) is 5.91 Å². The maximum Gasteiger partial charge on any atom is 1.00 e. The van der Waals surface area contributed by atoms with Crippen molar-refractivity contribution >= 4 is 11.9 Å². The van der Waals surface area contributed by atoms with E-state index in [1.165, 1.54) is 7.11 Å². The van der Waals surface area contributed by atoms with Crippen LogP contribution in [-0.2, 0) is 28.5 Å². The summed E-state index contributed by atoms with van der Waals surface area (Å²) in [5.41, 5.74) is 0.